The molecule has 1 aliphatic heterocycles. The van der Waals surface area contributed by atoms with Gasteiger partial charge >= 0.3 is 17.9 Å². The van der Waals surface area contributed by atoms with Crippen LogP contribution in [0.1, 0.15) is 63.3 Å². The van der Waals surface area contributed by atoms with E-state index in [-0.39, 0.29) is 30.2 Å². The molecule has 0 radical (unpaired) electrons. The number of carbonyl (C=O) groups is 2. The number of carboxylic acid groups (broad SMARTS) is 1. The molecule has 0 unspecified atom stereocenters. The molecule has 1 amide bonds. The number of rotatable bonds is 8. The summed E-state index contributed by atoms with van der Waals surface area (Å²) < 4.78 is 8.30. The molecule has 2 heterocycles. The number of aromatic nitrogens is 2. The average Bonchev–Trinajstić information content (AvgIpc) is 3.31. The third-order valence-electron chi connectivity index (χ3n) is 8.51. The number of para-hydroxylation sites is 1. The van der Waals surface area contributed by atoms with E-state index in [4.69, 9.17) is 4.74 Å². The highest BCUT2D eigenvalue weighted by molar-refractivity contribution is 5.88. The van der Waals surface area contributed by atoms with Crippen LogP contribution in [0.25, 0.3) is 11.0 Å². The summed E-state index contributed by atoms with van der Waals surface area (Å²) in [6, 6.07) is 25.7. The van der Waals surface area contributed by atoms with E-state index in [1.165, 1.54) is 11.1 Å². The molecule has 1 atom stereocenters. The minimum atomic E-state index is -1.30. The monoisotopic (exact) mass is 598 g/mol. The van der Waals surface area contributed by atoms with Crippen molar-refractivity contribution in [1.82, 2.24) is 18.9 Å². The Morgan fingerprint density at radius 3 is 2.00 bits per heavy atom. The van der Waals surface area contributed by atoms with Crippen molar-refractivity contribution < 1.29 is 19.4 Å². The first-order valence-corrected chi connectivity index (χ1v) is 15.3. The summed E-state index contributed by atoms with van der Waals surface area (Å²) in [7, 11) is 0. The van der Waals surface area contributed by atoms with Gasteiger partial charge in [0.2, 0.25) is 0 Å². The van der Waals surface area contributed by atoms with Crippen molar-refractivity contribution in [3.63, 3.8) is 0 Å². The van der Waals surface area contributed by atoms with Crippen molar-refractivity contribution in [2.75, 3.05) is 19.7 Å². The van der Waals surface area contributed by atoms with Crippen LogP contribution in [-0.4, -0.2) is 62.0 Å². The average molecular weight is 599 g/mol. The number of ether oxygens (including phenoxy) is 1. The maximum absolute atomic E-state index is 13.5. The van der Waals surface area contributed by atoms with Crippen LogP contribution in [0.5, 0.6) is 0 Å². The molecule has 0 spiro atoms. The molecule has 4 aromatic rings. The maximum atomic E-state index is 13.5. The van der Waals surface area contributed by atoms with Gasteiger partial charge in [-0.1, -0.05) is 93.6 Å². The van der Waals surface area contributed by atoms with Gasteiger partial charge in [0.25, 0.3) is 0 Å². The van der Waals surface area contributed by atoms with Crippen LogP contribution in [0.15, 0.2) is 83.7 Å². The summed E-state index contributed by atoms with van der Waals surface area (Å²) in [6.45, 7) is 10.8. The second-order valence-corrected chi connectivity index (χ2v) is 12.7. The Morgan fingerprint density at radius 2 is 1.48 bits per heavy atom. The standard InChI is InChI=1S/C35H42N4O5/c1-25(37(22-26-12-7-5-8-13-26)23-27-14-9-6-10-15-27)24-44-34(43)36-20-18-28(19-21-36)38-31-29(35(2,3)4)16-11-17-30(31)39(32(38)40)33(41)42/h5-17,25,28H,18-24H2,1-4H3,(H,41,42)/t25-/m0/s1. The first kappa shape index (κ1) is 31.1. The molecule has 1 saturated heterocycles. The van der Waals surface area contributed by atoms with E-state index in [9.17, 15) is 19.5 Å². The molecular weight excluding hydrogens is 556 g/mol. The number of hydrogen-bond acceptors (Lipinski definition) is 5. The molecule has 1 N–H and O–H groups in total. The quantitative estimate of drug-likeness (QED) is 0.249. The fourth-order valence-corrected chi connectivity index (χ4v) is 6.10. The number of amides is 1. The van der Waals surface area contributed by atoms with E-state index in [1.54, 1.807) is 21.6 Å². The molecule has 3 aromatic carbocycles. The van der Waals surface area contributed by atoms with Gasteiger partial charge in [0.1, 0.15) is 6.61 Å². The van der Waals surface area contributed by atoms with Crippen molar-refractivity contribution in [1.29, 1.82) is 0 Å². The number of imidazole rings is 1. The molecule has 1 aliphatic rings. The number of benzene rings is 3. The maximum Gasteiger partial charge on any atom is 0.420 e. The number of carbonyl (C=O) groups excluding carboxylic acids is 1. The minimum Gasteiger partial charge on any atom is -0.464 e. The lowest BCUT2D eigenvalue weighted by atomic mass is 9.86. The number of hydrogen-bond donors (Lipinski definition) is 1. The second kappa shape index (κ2) is 13.1. The van der Waals surface area contributed by atoms with Gasteiger partial charge in [-0.3, -0.25) is 9.47 Å². The van der Waals surface area contributed by atoms with Gasteiger partial charge in [-0.2, -0.15) is 4.57 Å². The summed E-state index contributed by atoms with van der Waals surface area (Å²) in [6.07, 6.45) is -0.620. The Labute approximate surface area is 258 Å². The van der Waals surface area contributed by atoms with E-state index < -0.39 is 11.8 Å². The second-order valence-electron chi connectivity index (χ2n) is 12.7. The highest BCUT2D eigenvalue weighted by Gasteiger charge is 2.32. The number of piperidine rings is 1. The summed E-state index contributed by atoms with van der Waals surface area (Å²) in [5.41, 5.74) is 3.49. The normalized spacial score (nSPS) is 15.1. The van der Waals surface area contributed by atoms with Gasteiger partial charge in [-0.15, -0.1) is 0 Å². The Kier molecular flexibility index (Phi) is 9.25. The van der Waals surface area contributed by atoms with Crippen molar-refractivity contribution in [2.24, 2.45) is 0 Å². The highest BCUT2D eigenvalue weighted by atomic mass is 16.6. The van der Waals surface area contributed by atoms with E-state index >= 15 is 0 Å². The number of nitrogens with zero attached hydrogens (tertiary/aromatic N) is 4. The first-order chi connectivity index (χ1) is 21.0. The predicted molar refractivity (Wildman–Crippen MR) is 171 cm³/mol. The van der Waals surface area contributed by atoms with Crippen LogP contribution in [0.2, 0.25) is 0 Å². The van der Waals surface area contributed by atoms with Gasteiger partial charge in [0.05, 0.1) is 11.0 Å². The molecule has 0 saturated carbocycles. The van der Waals surface area contributed by atoms with Crippen LogP contribution < -0.4 is 5.69 Å². The summed E-state index contributed by atoms with van der Waals surface area (Å²) in [4.78, 5) is 42.7. The highest BCUT2D eigenvalue weighted by Crippen LogP contribution is 2.33. The Bertz CT molecular complexity index is 1610. The zero-order valence-corrected chi connectivity index (χ0v) is 26.0. The van der Waals surface area contributed by atoms with Crippen molar-refractivity contribution in [2.45, 2.75) is 71.1 Å². The Morgan fingerprint density at radius 1 is 0.909 bits per heavy atom. The minimum absolute atomic E-state index is 0.0200. The molecule has 232 valence electrons. The number of fused-ring (bicyclic) bond motifs is 1. The molecule has 44 heavy (non-hydrogen) atoms. The molecule has 9 nitrogen and oxygen atoms in total. The van der Waals surface area contributed by atoms with Gasteiger partial charge in [0.15, 0.2) is 0 Å². The summed E-state index contributed by atoms with van der Waals surface area (Å²) in [5.74, 6) is 0. The van der Waals surface area contributed by atoms with Crippen molar-refractivity contribution >= 4 is 23.2 Å². The zero-order chi connectivity index (χ0) is 31.4. The smallest absolute Gasteiger partial charge is 0.420 e. The topological polar surface area (TPSA) is 97.0 Å². The van der Waals surface area contributed by atoms with E-state index in [2.05, 4.69) is 56.9 Å². The zero-order valence-electron chi connectivity index (χ0n) is 26.0. The third-order valence-corrected chi connectivity index (χ3v) is 8.51. The van der Waals surface area contributed by atoms with Crippen molar-refractivity contribution in [3.8, 4) is 0 Å². The Balaban J connectivity index is 1.26. The van der Waals surface area contributed by atoms with Gasteiger partial charge in [-0.25, -0.2) is 14.4 Å². The van der Waals surface area contributed by atoms with Crippen LogP contribution in [-0.2, 0) is 23.2 Å². The molecular formula is C35H42N4O5. The van der Waals surface area contributed by atoms with Crippen LogP contribution in [0, 0.1) is 0 Å². The number of likely N-dealkylation sites (tertiary alicyclic amines) is 1. The molecule has 0 bridgehead atoms. The Hall–Kier alpha value is -4.37. The van der Waals surface area contributed by atoms with Crippen LogP contribution in [0.3, 0.4) is 0 Å². The lowest BCUT2D eigenvalue weighted by molar-refractivity contribution is 0.0567. The third kappa shape index (κ3) is 6.73. The molecule has 5 rings (SSSR count). The van der Waals surface area contributed by atoms with Crippen LogP contribution in [0.4, 0.5) is 9.59 Å². The SMILES string of the molecule is C[C@@H](COC(=O)N1CCC(n2c(=O)n(C(=O)O)c3cccc(C(C)(C)C)c32)CC1)N(Cc1ccccc1)Cc1ccccc1. The van der Waals surface area contributed by atoms with Crippen molar-refractivity contribution in [3.05, 3.63) is 106 Å². The van der Waals surface area contributed by atoms with E-state index in [0.29, 0.717) is 37.0 Å². The summed E-state index contributed by atoms with van der Waals surface area (Å²) in [5, 5.41) is 9.87. The fraction of sp³-hybridized carbons (Fsp3) is 0.400. The van der Waals surface area contributed by atoms with Gasteiger partial charge in [0, 0.05) is 38.3 Å². The van der Waals surface area contributed by atoms with E-state index in [1.807, 2.05) is 42.5 Å². The van der Waals surface area contributed by atoms with Gasteiger partial charge < -0.3 is 14.7 Å². The first-order valence-electron chi connectivity index (χ1n) is 15.3. The van der Waals surface area contributed by atoms with E-state index in [0.717, 1.165) is 23.2 Å². The molecule has 1 aromatic heterocycles. The lowest BCUT2D eigenvalue weighted by Gasteiger charge is -2.34. The molecule has 9 heteroatoms. The fourth-order valence-electron chi connectivity index (χ4n) is 6.10. The largest absolute Gasteiger partial charge is 0.464 e. The lowest BCUT2D eigenvalue weighted by Crippen LogP contribution is -2.43. The van der Waals surface area contributed by atoms with Gasteiger partial charge in [-0.05, 0) is 47.9 Å². The summed E-state index contributed by atoms with van der Waals surface area (Å²) >= 11 is 0. The predicted octanol–water partition coefficient (Wildman–Crippen LogP) is 6.49. The molecule has 0 aliphatic carbocycles. The molecule has 1 fully saturated rings. The van der Waals surface area contributed by atoms with Crippen LogP contribution >= 0.6 is 0 Å².